The summed E-state index contributed by atoms with van der Waals surface area (Å²) in [4.78, 5) is 17.8. The van der Waals surface area contributed by atoms with Crippen molar-refractivity contribution in [1.29, 1.82) is 0 Å². The molecule has 3 aromatic heterocycles. The van der Waals surface area contributed by atoms with Crippen molar-refractivity contribution in [2.24, 2.45) is 0 Å². The third-order valence-corrected chi connectivity index (χ3v) is 5.42. The summed E-state index contributed by atoms with van der Waals surface area (Å²) in [6.07, 6.45) is 6.27. The Bertz CT molecular complexity index is 1410. The lowest BCUT2D eigenvalue weighted by molar-refractivity contribution is 0.103. The molecule has 7 nitrogen and oxygen atoms in total. The number of methoxy groups -OCH3 is 1. The molecular weight excluding hydrogens is 428 g/mol. The minimum absolute atomic E-state index is 0.213. The number of fused-ring (bicyclic) bond motifs is 1. The summed E-state index contributed by atoms with van der Waals surface area (Å²) in [5, 5.41) is 9.02. The van der Waals surface area contributed by atoms with E-state index in [2.05, 4.69) is 15.2 Å². The van der Waals surface area contributed by atoms with E-state index in [-0.39, 0.29) is 11.5 Å². The highest BCUT2D eigenvalue weighted by atomic mass is 35.5. The van der Waals surface area contributed by atoms with Crippen LogP contribution in [0, 0.1) is 0 Å². The molecule has 0 amide bonds. The maximum absolute atomic E-state index is 13.4. The van der Waals surface area contributed by atoms with Crippen molar-refractivity contribution in [2.75, 3.05) is 7.11 Å². The summed E-state index contributed by atoms with van der Waals surface area (Å²) in [5.41, 5.74) is 3.35. The van der Waals surface area contributed by atoms with E-state index >= 15 is 0 Å². The van der Waals surface area contributed by atoms with Gasteiger partial charge in [0.1, 0.15) is 12.0 Å². The van der Waals surface area contributed by atoms with Gasteiger partial charge in [0.25, 0.3) is 0 Å². The van der Waals surface area contributed by atoms with E-state index in [1.54, 1.807) is 13.2 Å². The van der Waals surface area contributed by atoms with Gasteiger partial charge in [-0.25, -0.2) is 4.98 Å². The van der Waals surface area contributed by atoms with Gasteiger partial charge in [0.05, 0.1) is 25.1 Å². The topological polar surface area (TPSA) is 83.0 Å². The lowest BCUT2D eigenvalue weighted by atomic mass is 10.1. The van der Waals surface area contributed by atoms with E-state index in [9.17, 15) is 4.79 Å². The van der Waals surface area contributed by atoms with Gasteiger partial charge >= 0.3 is 0 Å². The number of ether oxygens (including phenoxy) is 1. The van der Waals surface area contributed by atoms with Crippen LogP contribution in [0.2, 0.25) is 5.02 Å². The monoisotopic (exact) mass is 444 g/mol. The molecule has 0 aliphatic heterocycles. The second-order valence-corrected chi connectivity index (χ2v) is 7.61. The van der Waals surface area contributed by atoms with Crippen LogP contribution >= 0.6 is 11.6 Å². The predicted octanol–water partition coefficient (Wildman–Crippen LogP) is 5.03. The molecule has 0 fully saturated rings. The molecule has 0 bridgehead atoms. The molecule has 5 aromatic rings. The molecule has 0 saturated carbocycles. The highest BCUT2D eigenvalue weighted by Gasteiger charge is 2.21. The zero-order chi connectivity index (χ0) is 22.1. The van der Waals surface area contributed by atoms with E-state index in [1.165, 1.54) is 18.7 Å². The second-order valence-electron chi connectivity index (χ2n) is 7.18. The fraction of sp³-hybridized carbons (Fsp3) is 0.0833. The zero-order valence-electron chi connectivity index (χ0n) is 17.0. The maximum Gasteiger partial charge on any atom is 0.228 e. The summed E-state index contributed by atoms with van der Waals surface area (Å²) >= 11 is 6.01. The molecule has 0 aliphatic rings. The molecule has 0 spiro atoms. The fourth-order valence-electron chi connectivity index (χ4n) is 3.57. The highest BCUT2D eigenvalue weighted by molar-refractivity contribution is 6.30. The molecule has 158 valence electrons. The Morgan fingerprint density at radius 2 is 1.97 bits per heavy atom. The van der Waals surface area contributed by atoms with Crippen LogP contribution in [0.1, 0.15) is 21.6 Å². The summed E-state index contributed by atoms with van der Waals surface area (Å²) in [6.45, 7) is 0.583. The van der Waals surface area contributed by atoms with Crippen LogP contribution < -0.4 is 4.74 Å². The van der Waals surface area contributed by atoms with Crippen molar-refractivity contribution in [1.82, 2.24) is 19.7 Å². The molecule has 5 rings (SSSR count). The van der Waals surface area contributed by atoms with Crippen LogP contribution in [0.15, 0.2) is 77.8 Å². The van der Waals surface area contributed by atoms with E-state index in [1.807, 2.05) is 53.2 Å². The zero-order valence-corrected chi connectivity index (χ0v) is 17.8. The van der Waals surface area contributed by atoms with Gasteiger partial charge in [-0.15, -0.1) is 0 Å². The summed E-state index contributed by atoms with van der Waals surface area (Å²) in [7, 11) is 1.60. The standard InChI is InChI=1S/C24H17ClN4O3/c1-31-18-6-7-22-19(10-18)20(13-29(22)12-15-2-4-17(25)5-3-15)23(30)21-14-32-24(28-21)16-8-9-26-27-11-16/h2-11,13-14H,12H2,1H3. The van der Waals surface area contributed by atoms with Gasteiger partial charge < -0.3 is 13.7 Å². The van der Waals surface area contributed by atoms with Gasteiger partial charge in [-0.05, 0) is 42.0 Å². The average molecular weight is 445 g/mol. The molecule has 0 atom stereocenters. The number of carbonyl (C=O) groups excluding carboxylic acids is 1. The van der Waals surface area contributed by atoms with Gasteiger partial charge in [-0.1, -0.05) is 23.7 Å². The van der Waals surface area contributed by atoms with Crippen molar-refractivity contribution in [2.45, 2.75) is 6.54 Å². The second kappa shape index (κ2) is 8.28. The summed E-state index contributed by atoms with van der Waals surface area (Å²) < 4.78 is 12.9. The smallest absolute Gasteiger partial charge is 0.228 e. The summed E-state index contributed by atoms with van der Waals surface area (Å²) in [5.74, 6) is 0.736. The van der Waals surface area contributed by atoms with E-state index in [0.717, 1.165) is 16.5 Å². The van der Waals surface area contributed by atoms with Crippen LogP contribution in [0.25, 0.3) is 22.4 Å². The number of hydrogen-bond donors (Lipinski definition) is 0. The fourth-order valence-corrected chi connectivity index (χ4v) is 3.69. The Morgan fingerprint density at radius 1 is 1.12 bits per heavy atom. The van der Waals surface area contributed by atoms with Crippen LogP contribution in [-0.4, -0.2) is 32.6 Å². The largest absolute Gasteiger partial charge is 0.497 e. The van der Waals surface area contributed by atoms with Gasteiger partial charge in [0.15, 0.2) is 5.69 Å². The number of nitrogens with zero attached hydrogens (tertiary/aromatic N) is 4. The lowest BCUT2D eigenvalue weighted by Crippen LogP contribution is -2.02. The Balaban J connectivity index is 1.56. The number of aromatic nitrogens is 4. The van der Waals surface area contributed by atoms with Crippen LogP contribution in [0.4, 0.5) is 0 Å². The number of ketones is 1. The van der Waals surface area contributed by atoms with Crippen molar-refractivity contribution in [3.8, 4) is 17.2 Å². The minimum Gasteiger partial charge on any atom is -0.497 e. The first-order valence-corrected chi connectivity index (χ1v) is 10.2. The molecular formula is C24H17ClN4O3. The van der Waals surface area contributed by atoms with Gasteiger partial charge in [0.2, 0.25) is 11.7 Å². The van der Waals surface area contributed by atoms with Crippen molar-refractivity contribution in [3.05, 3.63) is 95.2 Å². The Kier molecular flexibility index (Phi) is 5.17. The third-order valence-electron chi connectivity index (χ3n) is 5.17. The van der Waals surface area contributed by atoms with Crippen molar-refractivity contribution >= 4 is 28.3 Å². The first-order valence-electron chi connectivity index (χ1n) is 9.81. The molecule has 2 aromatic carbocycles. The Labute approximate surface area is 188 Å². The third kappa shape index (κ3) is 3.74. The SMILES string of the molecule is COc1ccc2c(c1)c(C(=O)c1coc(-c3ccnnc3)n1)cn2Cc1ccc(Cl)cc1. The maximum atomic E-state index is 13.4. The number of oxazole rings is 1. The number of rotatable bonds is 6. The molecule has 0 radical (unpaired) electrons. The van der Waals surface area contributed by atoms with Crippen LogP contribution in [0.3, 0.4) is 0 Å². The normalized spacial score (nSPS) is 11.1. The van der Waals surface area contributed by atoms with Crippen LogP contribution in [0.5, 0.6) is 5.75 Å². The van der Waals surface area contributed by atoms with E-state index in [4.69, 9.17) is 20.8 Å². The number of benzene rings is 2. The van der Waals surface area contributed by atoms with E-state index < -0.39 is 0 Å². The molecule has 0 aliphatic carbocycles. The number of halogens is 1. The molecule has 32 heavy (non-hydrogen) atoms. The highest BCUT2D eigenvalue weighted by Crippen LogP contribution is 2.29. The van der Waals surface area contributed by atoms with Gasteiger partial charge in [0, 0.05) is 34.2 Å². The molecule has 0 N–H and O–H groups in total. The minimum atomic E-state index is -0.241. The Morgan fingerprint density at radius 3 is 2.72 bits per heavy atom. The predicted molar refractivity (Wildman–Crippen MR) is 120 cm³/mol. The van der Waals surface area contributed by atoms with E-state index in [0.29, 0.717) is 34.3 Å². The molecule has 0 unspecified atom stereocenters. The van der Waals surface area contributed by atoms with Crippen LogP contribution in [-0.2, 0) is 6.54 Å². The lowest BCUT2D eigenvalue weighted by Gasteiger charge is -2.06. The number of hydrogen-bond acceptors (Lipinski definition) is 6. The van der Waals surface area contributed by atoms with Gasteiger partial charge in [-0.3, -0.25) is 4.79 Å². The summed E-state index contributed by atoms with van der Waals surface area (Å²) in [6, 6.07) is 15.0. The number of carbonyl (C=O) groups is 1. The first kappa shape index (κ1) is 20.0. The van der Waals surface area contributed by atoms with Crippen molar-refractivity contribution in [3.63, 3.8) is 0 Å². The van der Waals surface area contributed by atoms with Gasteiger partial charge in [-0.2, -0.15) is 10.2 Å². The molecule has 8 heteroatoms. The first-order chi connectivity index (χ1) is 15.6. The average Bonchev–Trinajstić information content (AvgIpc) is 3.46. The molecule has 3 heterocycles. The van der Waals surface area contributed by atoms with Crippen molar-refractivity contribution < 1.29 is 13.9 Å². The Hall–Kier alpha value is -3.97. The quantitative estimate of drug-likeness (QED) is 0.342. The molecule has 0 saturated heterocycles.